The number of carbonyl (C=O) groups is 2. The van der Waals surface area contributed by atoms with E-state index in [1.54, 1.807) is 0 Å². The molecule has 0 saturated heterocycles. The molecule has 1 amide bonds. The van der Waals surface area contributed by atoms with Gasteiger partial charge >= 0.3 is 0 Å². The van der Waals surface area contributed by atoms with Crippen LogP contribution >= 0.6 is 0 Å². The van der Waals surface area contributed by atoms with Gasteiger partial charge in [0, 0.05) is 12.1 Å². The quantitative estimate of drug-likeness (QED) is 0.799. The van der Waals surface area contributed by atoms with Crippen LogP contribution in [0.4, 0.5) is 8.78 Å². The molecule has 1 fully saturated rings. The third-order valence-corrected chi connectivity index (χ3v) is 2.79. The number of aldehydes is 1. The van der Waals surface area contributed by atoms with Crippen molar-refractivity contribution in [3.05, 3.63) is 29.3 Å². The fourth-order valence-electron chi connectivity index (χ4n) is 1.55. The zero-order valence-electron chi connectivity index (χ0n) is 10.1. The van der Waals surface area contributed by atoms with E-state index in [2.05, 4.69) is 5.32 Å². The smallest absolute Gasteiger partial charge is 0.257 e. The summed E-state index contributed by atoms with van der Waals surface area (Å²) in [4.78, 5) is 21.8. The van der Waals surface area contributed by atoms with E-state index in [-0.39, 0.29) is 5.56 Å². The van der Waals surface area contributed by atoms with Gasteiger partial charge in [-0.3, -0.25) is 9.59 Å². The Kier molecular flexibility index (Phi) is 4.09. The van der Waals surface area contributed by atoms with Gasteiger partial charge < -0.3 is 10.1 Å². The number of halogens is 2. The highest BCUT2D eigenvalue weighted by Gasteiger charge is 2.22. The first-order valence-electron chi connectivity index (χ1n) is 5.94. The predicted octanol–water partition coefficient (Wildman–Crippen LogP) is 1.68. The van der Waals surface area contributed by atoms with Crippen LogP contribution in [0.1, 0.15) is 23.2 Å². The molecule has 0 aromatic heterocycles. The lowest BCUT2D eigenvalue weighted by atomic mass is 10.2. The number of nitrogens with one attached hydrogen (secondary N) is 1. The number of ether oxygens (including phenoxy) is 1. The van der Waals surface area contributed by atoms with Crippen molar-refractivity contribution in [3.63, 3.8) is 0 Å². The van der Waals surface area contributed by atoms with Gasteiger partial charge in [-0.2, -0.15) is 0 Å². The Morgan fingerprint density at radius 3 is 2.53 bits per heavy atom. The molecular weight excluding hydrogens is 256 g/mol. The van der Waals surface area contributed by atoms with Crippen LogP contribution in [0.15, 0.2) is 12.1 Å². The lowest BCUT2D eigenvalue weighted by Gasteiger charge is -2.09. The van der Waals surface area contributed by atoms with E-state index in [4.69, 9.17) is 4.74 Å². The second-order valence-electron chi connectivity index (χ2n) is 4.47. The molecule has 0 aliphatic heterocycles. The summed E-state index contributed by atoms with van der Waals surface area (Å²) in [6, 6.07) is 1.71. The summed E-state index contributed by atoms with van der Waals surface area (Å²) < 4.78 is 31.6. The van der Waals surface area contributed by atoms with E-state index < -0.39 is 29.9 Å². The van der Waals surface area contributed by atoms with Crippen molar-refractivity contribution in [2.75, 3.05) is 13.2 Å². The summed E-state index contributed by atoms with van der Waals surface area (Å²) in [7, 11) is 0. The Morgan fingerprint density at radius 1 is 1.37 bits per heavy atom. The molecule has 0 radical (unpaired) electrons. The maximum Gasteiger partial charge on any atom is 0.257 e. The molecule has 1 N–H and O–H groups in total. The van der Waals surface area contributed by atoms with Crippen LogP contribution in [0.3, 0.4) is 0 Å². The van der Waals surface area contributed by atoms with Gasteiger partial charge in [-0.05, 0) is 30.9 Å². The zero-order valence-corrected chi connectivity index (χ0v) is 10.1. The van der Waals surface area contributed by atoms with Gasteiger partial charge in [-0.25, -0.2) is 8.78 Å². The molecule has 1 aromatic carbocycles. The van der Waals surface area contributed by atoms with Crippen LogP contribution in [0, 0.1) is 17.6 Å². The molecule has 0 spiro atoms. The molecule has 4 nitrogen and oxygen atoms in total. The Bertz CT molecular complexity index is 478. The highest BCUT2D eigenvalue weighted by Crippen LogP contribution is 2.27. The van der Waals surface area contributed by atoms with Gasteiger partial charge in [0.05, 0.1) is 0 Å². The number of benzene rings is 1. The van der Waals surface area contributed by atoms with Gasteiger partial charge in [-0.15, -0.1) is 0 Å². The number of carbonyl (C=O) groups excluding carboxylic acids is 2. The maximum atomic E-state index is 13.4. The Morgan fingerprint density at radius 2 is 2.00 bits per heavy atom. The summed E-state index contributed by atoms with van der Waals surface area (Å²) in [5.74, 6) is -2.56. The van der Waals surface area contributed by atoms with Crippen LogP contribution in [-0.2, 0) is 4.79 Å². The number of rotatable bonds is 6. The highest BCUT2D eigenvalue weighted by atomic mass is 19.1. The SMILES string of the molecule is O=Cc1cc(F)c(OCC(=O)NCC2CC2)c(F)c1. The number of hydrogen-bond acceptors (Lipinski definition) is 3. The van der Waals surface area contributed by atoms with Crippen molar-refractivity contribution < 1.29 is 23.1 Å². The van der Waals surface area contributed by atoms with E-state index in [1.807, 2.05) is 0 Å². The molecule has 1 aliphatic rings. The van der Waals surface area contributed by atoms with Gasteiger partial charge in [-0.1, -0.05) is 0 Å². The molecule has 2 rings (SSSR count). The van der Waals surface area contributed by atoms with Crippen LogP contribution in [-0.4, -0.2) is 25.3 Å². The van der Waals surface area contributed by atoms with Crippen LogP contribution in [0.2, 0.25) is 0 Å². The summed E-state index contributed by atoms with van der Waals surface area (Å²) in [6.45, 7) is 0.109. The van der Waals surface area contributed by atoms with Crippen LogP contribution in [0.25, 0.3) is 0 Å². The normalized spacial score (nSPS) is 14.0. The van der Waals surface area contributed by atoms with Crippen molar-refractivity contribution in [2.45, 2.75) is 12.8 Å². The minimum absolute atomic E-state index is 0.125. The third kappa shape index (κ3) is 3.74. The molecule has 6 heteroatoms. The average molecular weight is 269 g/mol. The maximum absolute atomic E-state index is 13.4. The van der Waals surface area contributed by atoms with Gasteiger partial charge in [0.25, 0.3) is 5.91 Å². The van der Waals surface area contributed by atoms with E-state index in [1.165, 1.54) is 0 Å². The minimum Gasteiger partial charge on any atom is -0.478 e. The molecule has 0 atom stereocenters. The lowest BCUT2D eigenvalue weighted by molar-refractivity contribution is -0.123. The van der Waals surface area contributed by atoms with E-state index in [9.17, 15) is 18.4 Å². The summed E-state index contributed by atoms with van der Waals surface area (Å²) >= 11 is 0. The molecular formula is C13H13F2NO3. The second kappa shape index (κ2) is 5.77. The third-order valence-electron chi connectivity index (χ3n) is 2.79. The average Bonchev–Trinajstić information content (AvgIpc) is 3.19. The second-order valence-corrected chi connectivity index (χ2v) is 4.47. The topological polar surface area (TPSA) is 55.4 Å². The zero-order chi connectivity index (χ0) is 13.8. The van der Waals surface area contributed by atoms with Gasteiger partial charge in [0.1, 0.15) is 6.29 Å². The Labute approximate surface area is 108 Å². The monoisotopic (exact) mass is 269 g/mol. The van der Waals surface area contributed by atoms with Crippen LogP contribution in [0.5, 0.6) is 5.75 Å². The van der Waals surface area contributed by atoms with E-state index in [0.717, 1.165) is 25.0 Å². The first kappa shape index (κ1) is 13.5. The summed E-state index contributed by atoms with van der Waals surface area (Å²) in [5, 5.41) is 2.61. The fraction of sp³-hybridized carbons (Fsp3) is 0.385. The van der Waals surface area contributed by atoms with Crippen LogP contribution < -0.4 is 10.1 Å². The molecule has 0 heterocycles. The molecule has 1 aliphatic carbocycles. The standard InChI is InChI=1S/C13H13F2NO3/c14-10-3-9(6-17)4-11(15)13(10)19-7-12(18)16-5-8-1-2-8/h3-4,6,8H,1-2,5,7H2,(H,16,18). The van der Waals surface area contributed by atoms with Crippen molar-refractivity contribution in [3.8, 4) is 5.75 Å². The van der Waals surface area contributed by atoms with Gasteiger partial charge in [0.15, 0.2) is 24.0 Å². The molecule has 19 heavy (non-hydrogen) atoms. The minimum atomic E-state index is -1.00. The molecule has 1 aromatic rings. The van der Waals surface area contributed by atoms with E-state index >= 15 is 0 Å². The van der Waals surface area contributed by atoms with E-state index in [0.29, 0.717) is 18.7 Å². The fourth-order valence-corrected chi connectivity index (χ4v) is 1.55. The largest absolute Gasteiger partial charge is 0.478 e. The van der Waals surface area contributed by atoms with Crippen molar-refractivity contribution in [2.24, 2.45) is 5.92 Å². The predicted molar refractivity (Wildman–Crippen MR) is 63.0 cm³/mol. The lowest BCUT2D eigenvalue weighted by Crippen LogP contribution is -2.30. The van der Waals surface area contributed by atoms with Crippen molar-refractivity contribution in [1.29, 1.82) is 0 Å². The molecule has 0 bridgehead atoms. The Hall–Kier alpha value is -1.98. The first-order valence-corrected chi connectivity index (χ1v) is 5.94. The summed E-state index contributed by atoms with van der Waals surface area (Å²) in [6.07, 6.45) is 2.52. The highest BCUT2D eigenvalue weighted by molar-refractivity contribution is 5.78. The Balaban J connectivity index is 1.90. The van der Waals surface area contributed by atoms with Gasteiger partial charge in [0.2, 0.25) is 0 Å². The molecule has 102 valence electrons. The first-order chi connectivity index (χ1) is 9.10. The van der Waals surface area contributed by atoms with Crippen molar-refractivity contribution >= 4 is 12.2 Å². The number of hydrogen-bond donors (Lipinski definition) is 1. The molecule has 0 unspecified atom stereocenters. The summed E-state index contributed by atoms with van der Waals surface area (Å²) in [5.41, 5.74) is -0.125. The number of amides is 1. The van der Waals surface area contributed by atoms with Crippen molar-refractivity contribution in [1.82, 2.24) is 5.32 Å². The molecule has 1 saturated carbocycles.